The van der Waals surface area contributed by atoms with Crippen LogP contribution < -0.4 is 0 Å². The molecular weight excluding hydrogens is 250 g/mol. The predicted molar refractivity (Wildman–Crippen MR) is 70.2 cm³/mol. The number of benzene rings is 1. The number of halogens is 2. The maximum Gasteiger partial charge on any atom is 0.334 e. The van der Waals surface area contributed by atoms with Gasteiger partial charge >= 0.3 is 5.97 Å². The molecule has 0 amide bonds. The molecule has 0 N–H and O–H groups in total. The molecule has 4 heteroatoms. The molecule has 0 aliphatic carbocycles. The van der Waals surface area contributed by atoms with Gasteiger partial charge in [-0.15, -0.1) is 0 Å². The predicted octanol–water partition coefficient (Wildman–Crippen LogP) is 3.93. The summed E-state index contributed by atoms with van der Waals surface area (Å²) < 4.78 is 32.9. The van der Waals surface area contributed by atoms with E-state index in [-0.39, 0.29) is 18.6 Å². The van der Waals surface area contributed by atoms with Crippen molar-refractivity contribution in [2.45, 2.75) is 32.1 Å². The minimum absolute atomic E-state index is 0.136. The Morgan fingerprint density at radius 1 is 1.32 bits per heavy atom. The lowest BCUT2D eigenvalue weighted by molar-refractivity contribution is -0.140. The smallest absolute Gasteiger partial charge is 0.334 e. The molecule has 0 aliphatic rings. The van der Waals surface area contributed by atoms with Crippen LogP contribution in [0.15, 0.2) is 42.5 Å². The molecule has 104 valence electrons. The molecule has 1 atom stereocenters. The highest BCUT2D eigenvalue weighted by Gasteiger charge is 2.42. The summed E-state index contributed by atoms with van der Waals surface area (Å²) in [5.74, 6) is -5.16. The zero-order valence-electron chi connectivity index (χ0n) is 11.2. The number of carbonyl (C=O) groups excluding carboxylic acids is 1. The van der Waals surface area contributed by atoms with Crippen LogP contribution in [0.2, 0.25) is 0 Å². The Hall–Kier alpha value is -1.71. The highest BCUT2D eigenvalue weighted by Crippen LogP contribution is 2.41. The van der Waals surface area contributed by atoms with Crippen molar-refractivity contribution in [1.29, 1.82) is 0 Å². The molecule has 2 nitrogen and oxygen atoms in total. The van der Waals surface area contributed by atoms with Crippen molar-refractivity contribution < 1.29 is 18.3 Å². The molecule has 0 aliphatic heterocycles. The largest absolute Gasteiger partial charge is 0.463 e. The Morgan fingerprint density at radius 3 is 2.37 bits per heavy atom. The van der Waals surface area contributed by atoms with Crippen molar-refractivity contribution in [2.75, 3.05) is 6.61 Å². The zero-order chi connectivity index (χ0) is 14.5. The second-order valence-corrected chi connectivity index (χ2v) is 4.20. The first-order chi connectivity index (χ1) is 8.94. The number of ether oxygens (including phenoxy) is 1. The van der Waals surface area contributed by atoms with Crippen LogP contribution in [0.3, 0.4) is 0 Å². The molecule has 1 rings (SSSR count). The number of carbonyl (C=O) groups is 1. The van der Waals surface area contributed by atoms with Crippen LogP contribution in [0.5, 0.6) is 0 Å². The monoisotopic (exact) mass is 268 g/mol. The van der Waals surface area contributed by atoms with E-state index in [1.807, 2.05) is 0 Å². The van der Waals surface area contributed by atoms with E-state index in [4.69, 9.17) is 4.74 Å². The van der Waals surface area contributed by atoms with E-state index in [1.165, 1.54) is 6.92 Å². The Morgan fingerprint density at radius 2 is 1.89 bits per heavy atom. The van der Waals surface area contributed by atoms with Gasteiger partial charge < -0.3 is 4.74 Å². The van der Waals surface area contributed by atoms with Gasteiger partial charge in [0.1, 0.15) is 0 Å². The SMILES string of the molecule is C=C(C(=O)OCC)[C@H](c1ccccc1)C(F)(F)CC. The Balaban J connectivity index is 3.14. The average Bonchev–Trinajstić information content (AvgIpc) is 2.40. The average molecular weight is 268 g/mol. The van der Waals surface area contributed by atoms with Crippen LogP contribution in [0.1, 0.15) is 31.7 Å². The van der Waals surface area contributed by atoms with Crippen LogP contribution in [-0.2, 0) is 9.53 Å². The molecule has 0 spiro atoms. The summed E-state index contributed by atoms with van der Waals surface area (Å²) in [6, 6.07) is 8.19. The molecule has 0 unspecified atom stereocenters. The molecule has 0 radical (unpaired) electrons. The molecule has 1 aromatic rings. The van der Waals surface area contributed by atoms with Crippen LogP contribution in [-0.4, -0.2) is 18.5 Å². The fourth-order valence-corrected chi connectivity index (χ4v) is 1.89. The number of esters is 1. The topological polar surface area (TPSA) is 26.3 Å². The van der Waals surface area contributed by atoms with E-state index >= 15 is 0 Å². The summed E-state index contributed by atoms with van der Waals surface area (Å²) in [5.41, 5.74) is 0.160. The van der Waals surface area contributed by atoms with Gasteiger partial charge in [-0.05, 0) is 12.5 Å². The fourth-order valence-electron chi connectivity index (χ4n) is 1.89. The molecule has 19 heavy (non-hydrogen) atoms. The summed E-state index contributed by atoms with van der Waals surface area (Å²) in [6.45, 7) is 6.65. The van der Waals surface area contributed by atoms with Crippen molar-refractivity contribution in [3.8, 4) is 0 Å². The molecular formula is C15H18F2O2. The maximum atomic E-state index is 14.1. The lowest BCUT2D eigenvalue weighted by Gasteiger charge is -2.27. The molecule has 0 fully saturated rings. The van der Waals surface area contributed by atoms with Gasteiger partial charge in [0.05, 0.1) is 12.5 Å². The Kier molecular flexibility index (Phi) is 5.21. The van der Waals surface area contributed by atoms with Crippen molar-refractivity contribution in [3.05, 3.63) is 48.0 Å². The zero-order valence-corrected chi connectivity index (χ0v) is 11.2. The van der Waals surface area contributed by atoms with Crippen LogP contribution in [0.25, 0.3) is 0 Å². The van der Waals surface area contributed by atoms with E-state index in [1.54, 1.807) is 37.3 Å². The van der Waals surface area contributed by atoms with Crippen molar-refractivity contribution in [2.24, 2.45) is 0 Å². The van der Waals surface area contributed by atoms with E-state index in [2.05, 4.69) is 6.58 Å². The normalized spacial score (nSPS) is 12.8. The van der Waals surface area contributed by atoms with E-state index < -0.39 is 17.8 Å². The first kappa shape index (κ1) is 15.3. The second-order valence-electron chi connectivity index (χ2n) is 4.20. The molecule has 0 bridgehead atoms. The summed E-state index contributed by atoms with van der Waals surface area (Å²) in [6.07, 6.45) is -0.370. The number of alkyl halides is 2. The van der Waals surface area contributed by atoms with Gasteiger partial charge in [-0.1, -0.05) is 43.8 Å². The summed E-state index contributed by atoms with van der Waals surface area (Å²) in [5, 5.41) is 0. The third kappa shape index (κ3) is 3.63. The fraction of sp³-hybridized carbons (Fsp3) is 0.400. The highest BCUT2D eigenvalue weighted by atomic mass is 19.3. The van der Waals surface area contributed by atoms with Crippen LogP contribution in [0, 0.1) is 0 Å². The Labute approximate surface area is 112 Å². The van der Waals surface area contributed by atoms with Gasteiger partial charge in [0, 0.05) is 12.0 Å². The minimum Gasteiger partial charge on any atom is -0.463 e. The number of hydrogen-bond donors (Lipinski definition) is 0. The van der Waals surface area contributed by atoms with Gasteiger partial charge in [-0.2, -0.15) is 0 Å². The first-order valence-corrected chi connectivity index (χ1v) is 6.22. The third-order valence-electron chi connectivity index (χ3n) is 2.91. The molecule has 0 saturated heterocycles. The lowest BCUT2D eigenvalue weighted by Crippen LogP contribution is -2.30. The van der Waals surface area contributed by atoms with E-state index in [9.17, 15) is 13.6 Å². The number of hydrogen-bond acceptors (Lipinski definition) is 2. The minimum atomic E-state index is -3.04. The second kappa shape index (κ2) is 6.45. The third-order valence-corrected chi connectivity index (χ3v) is 2.91. The molecule has 0 aromatic heterocycles. The summed E-state index contributed by atoms with van der Waals surface area (Å²) >= 11 is 0. The summed E-state index contributed by atoms with van der Waals surface area (Å²) in [4.78, 5) is 11.7. The van der Waals surface area contributed by atoms with Gasteiger partial charge in [0.15, 0.2) is 0 Å². The van der Waals surface area contributed by atoms with E-state index in [0.29, 0.717) is 5.56 Å². The van der Waals surface area contributed by atoms with Gasteiger partial charge in [0.25, 0.3) is 5.92 Å². The van der Waals surface area contributed by atoms with Crippen LogP contribution >= 0.6 is 0 Å². The quantitative estimate of drug-likeness (QED) is 0.577. The van der Waals surface area contributed by atoms with Gasteiger partial charge in [0.2, 0.25) is 0 Å². The van der Waals surface area contributed by atoms with Gasteiger partial charge in [-0.25, -0.2) is 13.6 Å². The standard InChI is InChI=1S/C15H18F2O2/c1-4-15(16,17)13(11(3)14(18)19-5-2)12-9-7-6-8-10-12/h6-10,13H,3-5H2,1-2H3/t13-/m1/s1. The van der Waals surface area contributed by atoms with Crippen LogP contribution in [0.4, 0.5) is 8.78 Å². The first-order valence-electron chi connectivity index (χ1n) is 6.22. The van der Waals surface area contributed by atoms with Gasteiger partial charge in [-0.3, -0.25) is 0 Å². The highest BCUT2D eigenvalue weighted by molar-refractivity contribution is 5.89. The van der Waals surface area contributed by atoms with Crippen molar-refractivity contribution in [1.82, 2.24) is 0 Å². The van der Waals surface area contributed by atoms with E-state index in [0.717, 1.165) is 0 Å². The van der Waals surface area contributed by atoms with Crippen molar-refractivity contribution >= 4 is 5.97 Å². The lowest BCUT2D eigenvalue weighted by atomic mass is 9.85. The summed E-state index contributed by atoms with van der Waals surface area (Å²) in [7, 11) is 0. The Bertz CT molecular complexity index is 441. The molecule has 0 saturated carbocycles. The van der Waals surface area contributed by atoms with Crippen molar-refractivity contribution in [3.63, 3.8) is 0 Å². The molecule has 1 aromatic carbocycles. The number of rotatable bonds is 6. The maximum absolute atomic E-state index is 14.1. The molecule has 0 heterocycles.